The molecule has 19 heavy (non-hydrogen) atoms. The van der Waals surface area contributed by atoms with Crippen LogP contribution in [0.4, 0.5) is 4.39 Å². The van der Waals surface area contributed by atoms with E-state index in [1.165, 1.54) is 32.4 Å². The number of ether oxygens (including phenoxy) is 1. The Balaban J connectivity index is 1.96. The third kappa shape index (κ3) is 2.25. The first-order valence-corrected chi connectivity index (χ1v) is 6.82. The van der Waals surface area contributed by atoms with Gasteiger partial charge in [-0.3, -0.25) is 4.90 Å². The molecule has 1 aromatic carbocycles. The van der Waals surface area contributed by atoms with Crippen molar-refractivity contribution in [3.63, 3.8) is 0 Å². The highest BCUT2D eigenvalue weighted by Gasteiger charge is 2.30. The topological polar surface area (TPSA) is 29.5 Å². The molecule has 0 N–H and O–H groups in total. The number of hydrogen-bond donors (Lipinski definition) is 0. The summed E-state index contributed by atoms with van der Waals surface area (Å²) in [5.74, 6) is -0.741. The average Bonchev–Trinajstić information content (AvgIpc) is 2.44. The first-order chi connectivity index (χ1) is 9.19. The Kier molecular flexibility index (Phi) is 3.27. The van der Waals surface area contributed by atoms with Gasteiger partial charge in [-0.1, -0.05) is 6.42 Å². The number of esters is 1. The van der Waals surface area contributed by atoms with Gasteiger partial charge in [0, 0.05) is 18.2 Å². The second kappa shape index (κ2) is 4.93. The highest BCUT2D eigenvalue weighted by molar-refractivity contribution is 5.89. The van der Waals surface area contributed by atoms with E-state index in [0.29, 0.717) is 18.2 Å². The molecule has 2 heterocycles. The van der Waals surface area contributed by atoms with E-state index in [0.717, 1.165) is 24.1 Å². The molecule has 0 aromatic heterocycles. The molecule has 3 rings (SSSR count). The molecule has 2 aliphatic rings. The van der Waals surface area contributed by atoms with Crippen molar-refractivity contribution < 1.29 is 13.9 Å². The molecule has 0 amide bonds. The number of piperidine rings is 1. The zero-order valence-corrected chi connectivity index (χ0v) is 11.1. The molecule has 1 atom stereocenters. The summed E-state index contributed by atoms with van der Waals surface area (Å²) in [7, 11) is 1.32. The molecule has 4 heteroatoms. The quantitative estimate of drug-likeness (QED) is 0.729. The van der Waals surface area contributed by atoms with E-state index in [2.05, 4.69) is 9.64 Å². The van der Waals surface area contributed by atoms with Crippen LogP contribution in [0.25, 0.3) is 0 Å². The van der Waals surface area contributed by atoms with Crippen molar-refractivity contribution in [2.75, 3.05) is 13.7 Å². The van der Waals surface area contributed by atoms with Crippen LogP contribution in [0.5, 0.6) is 0 Å². The summed E-state index contributed by atoms with van der Waals surface area (Å²) in [4.78, 5) is 13.9. The van der Waals surface area contributed by atoms with Gasteiger partial charge in [-0.2, -0.15) is 0 Å². The first-order valence-electron chi connectivity index (χ1n) is 6.82. The van der Waals surface area contributed by atoms with Crippen molar-refractivity contribution in [2.24, 2.45) is 0 Å². The maximum absolute atomic E-state index is 14.2. The van der Waals surface area contributed by atoms with Crippen LogP contribution in [0, 0.1) is 5.82 Å². The molecule has 0 unspecified atom stereocenters. The zero-order valence-electron chi connectivity index (χ0n) is 11.1. The van der Waals surface area contributed by atoms with E-state index < -0.39 is 5.97 Å². The highest BCUT2D eigenvalue weighted by atomic mass is 19.1. The monoisotopic (exact) mass is 263 g/mol. The Hall–Kier alpha value is -1.42. The first kappa shape index (κ1) is 12.6. The van der Waals surface area contributed by atoms with E-state index in [9.17, 15) is 9.18 Å². The van der Waals surface area contributed by atoms with Crippen molar-refractivity contribution in [3.05, 3.63) is 34.6 Å². The SMILES string of the molecule is COC(=O)c1cc(F)c2c(c1)C[C@@H]1CCCCN1C2. The molecule has 0 bridgehead atoms. The summed E-state index contributed by atoms with van der Waals surface area (Å²) in [5.41, 5.74) is 2.05. The van der Waals surface area contributed by atoms with Crippen molar-refractivity contribution >= 4 is 5.97 Å². The van der Waals surface area contributed by atoms with Crippen molar-refractivity contribution in [2.45, 2.75) is 38.3 Å². The number of carbonyl (C=O) groups is 1. The van der Waals surface area contributed by atoms with E-state index in [4.69, 9.17) is 0 Å². The van der Waals surface area contributed by atoms with Crippen molar-refractivity contribution in [1.29, 1.82) is 0 Å². The fraction of sp³-hybridized carbons (Fsp3) is 0.533. The van der Waals surface area contributed by atoms with Crippen LogP contribution < -0.4 is 0 Å². The molecular formula is C15H18FNO2. The van der Waals surface area contributed by atoms with Crippen molar-refractivity contribution in [1.82, 2.24) is 4.90 Å². The lowest BCUT2D eigenvalue weighted by atomic mass is 9.87. The summed E-state index contributed by atoms with van der Waals surface area (Å²) in [6.07, 6.45) is 4.46. The average molecular weight is 263 g/mol. The predicted molar refractivity (Wildman–Crippen MR) is 69.5 cm³/mol. The smallest absolute Gasteiger partial charge is 0.337 e. The second-order valence-electron chi connectivity index (χ2n) is 5.41. The van der Waals surface area contributed by atoms with Crippen LogP contribution in [-0.2, 0) is 17.7 Å². The molecule has 0 radical (unpaired) electrons. The molecule has 0 aliphatic carbocycles. The summed E-state index contributed by atoms with van der Waals surface area (Å²) >= 11 is 0. The second-order valence-corrected chi connectivity index (χ2v) is 5.41. The summed E-state index contributed by atoms with van der Waals surface area (Å²) in [6.45, 7) is 1.73. The van der Waals surface area contributed by atoms with Crippen LogP contribution in [0.3, 0.4) is 0 Å². The molecule has 0 spiro atoms. The van der Waals surface area contributed by atoms with Gasteiger partial charge in [0.05, 0.1) is 12.7 Å². The fourth-order valence-electron chi connectivity index (χ4n) is 3.24. The number of fused-ring (bicyclic) bond motifs is 2. The van der Waals surface area contributed by atoms with E-state index in [1.807, 2.05) is 0 Å². The Morgan fingerprint density at radius 2 is 2.26 bits per heavy atom. The Labute approximate surface area is 112 Å². The van der Waals surface area contributed by atoms with Crippen LogP contribution in [-0.4, -0.2) is 30.6 Å². The molecule has 1 saturated heterocycles. The third-order valence-electron chi connectivity index (χ3n) is 4.27. The van der Waals surface area contributed by atoms with Crippen LogP contribution in [0.1, 0.15) is 40.7 Å². The normalized spacial score (nSPS) is 22.5. The van der Waals surface area contributed by atoms with Crippen LogP contribution in [0.15, 0.2) is 12.1 Å². The molecule has 102 valence electrons. The molecular weight excluding hydrogens is 245 g/mol. The van der Waals surface area contributed by atoms with Gasteiger partial charge in [0.1, 0.15) is 5.82 Å². The van der Waals surface area contributed by atoms with Gasteiger partial charge in [0.2, 0.25) is 0 Å². The van der Waals surface area contributed by atoms with Crippen molar-refractivity contribution in [3.8, 4) is 0 Å². The van der Waals surface area contributed by atoms with Gasteiger partial charge < -0.3 is 4.74 Å². The zero-order chi connectivity index (χ0) is 13.4. The minimum absolute atomic E-state index is 0.276. The molecule has 0 saturated carbocycles. The highest BCUT2D eigenvalue weighted by Crippen LogP contribution is 2.31. The minimum Gasteiger partial charge on any atom is -0.465 e. The van der Waals surface area contributed by atoms with Gasteiger partial charge in [0.15, 0.2) is 0 Å². The van der Waals surface area contributed by atoms with Gasteiger partial charge in [-0.25, -0.2) is 9.18 Å². The number of halogens is 1. The standard InChI is InChI=1S/C15H18FNO2/c1-19-15(18)11-6-10-7-12-4-2-3-5-17(12)9-13(10)14(16)8-11/h6,8,12H,2-5,7,9H2,1H3/t12-/m0/s1. The van der Waals surface area contributed by atoms with Gasteiger partial charge in [-0.05, 0) is 43.5 Å². The number of hydrogen-bond acceptors (Lipinski definition) is 3. The minimum atomic E-state index is -0.465. The Morgan fingerprint density at radius 1 is 1.42 bits per heavy atom. The lowest BCUT2D eigenvalue weighted by Gasteiger charge is -2.40. The number of benzene rings is 1. The lowest BCUT2D eigenvalue weighted by molar-refractivity contribution is 0.0599. The van der Waals surface area contributed by atoms with E-state index >= 15 is 0 Å². The summed E-state index contributed by atoms with van der Waals surface area (Å²) in [5, 5.41) is 0. The molecule has 3 nitrogen and oxygen atoms in total. The number of carbonyl (C=O) groups excluding carboxylic acids is 1. The largest absolute Gasteiger partial charge is 0.465 e. The summed E-state index contributed by atoms with van der Waals surface area (Å²) < 4.78 is 18.8. The molecule has 1 aromatic rings. The number of nitrogens with zero attached hydrogens (tertiary/aromatic N) is 1. The number of methoxy groups -OCH3 is 1. The van der Waals surface area contributed by atoms with Crippen LogP contribution >= 0.6 is 0 Å². The van der Waals surface area contributed by atoms with E-state index in [1.54, 1.807) is 6.07 Å². The van der Waals surface area contributed by atoms with Gasteiger partial charge in [-0.15, -0.1) is 0 Å². The van der Waals surface area contributed by atoms with E-state index in [-0.39, 0.29) is 5.82 Å². The third-order valence-corrected chi connectivity index (χ3v) is 4.27. The maximum atomic E-state index is 14.2. The Bertz CT molecular complexity index is 515. The molecule has 2 aliphatic heterocycles. The van der Waals surface area contributed by atoms with Gasteiger partial charge >= 0.3 is 5.97 Å². The Morgan fingerprint density at radius 3 is 3.05 bits per heavy atom. The summed E-state index contributed by atoms with van der Waals surface area (Å²) in [6, 6.07) is 3.61. The molecule has 1 fully saturated rings. The lowest BCUT2D eigenvalue weighted by Crippen LogP contribution is -2.43. The van der Waals surface area contributed by atoms with Gasteiger partial charge in [0.25, 0.3) is 0 Å². The fourth-order valence-corrected chi connectivity index (χ4v) is 3.24. The van der Waals surface area contributed by atoms with Crippen LogP contribution in [0.2, 0.25) is 0 Å². The number of rotatable bonds is 1. The maximum Gasteiger partial charge on any atom is 0.337 e. The predicted octanol–water partition coefficient (Wildman–Crippen LogP) is 2.52.